The molecule has 0 saturated heterocycles. The molecule has 2 aromatic carbocycles. The Morgan fingerprint density at radius 1 is 0.913 bits per heavy atom. The molecule has 4 heteroatoms. The van der Waals surface area contributed by atoms with Crippen molar-refractivity contribution < 1.29 is 13.9 Å². The maximum atomic E-state index is 13.0. The normalized spacial score (nSPS) is 10.8. The Labute approximate surface area is 134 Å². The third-order valence-corrected chi connectivity index (χ3v) is 4.08. The van der Waals surface area contributed by atoms with Crippen LogP contribution in [0.25, 0.3) is 22.1 Å². The van der Waals surface area contributed by atoms with Crippen LogP contribution in [0.5, 0.6) is 11.5 Å². The van der Waals surface area contributed by atoms with E-state index in [0.29, 0.717) is 28.0 Å². The van der Waals surface area contributed by atoms with Crippen LogP contribution in [0, 0.1) is 13.8 Å². The van der Waals surface area contributed by atoms with E-state index in [-0.39, 0.29) is 5.43 Å². The van der Waals surface area contributed by atoms with E-state index in [1.54, 1.807) is 14.2 Å². The van der Waals surface area contributed by atoms with Gasteiger partial charge >= 0.3 is 0 Å². The van der Waals surface area contributed by atoms with E-state index in [1.165, 1.54) is 6.26 Å². The summed E-state index contributed by atoms with van der Waals surface area (Å²) in [5.74, 6) is 1.17. The summed E-state index contributed by atoms with van der Waals surface area (Å²) >= 11 is 0. The minimum absolute atomic E-state index is 0.108. The van der Waals surface area contributed by atoms with Crippen molar-refractivity contribution in [3.63, 3.8) is 0 Å². The first-order valence-electron chi connectivity index (χ1n) is 7.32. The maximum Gasteiger partial charge on any atom is 0.204 e. The molecule has 3 aromatic rings. The molecular weight excluding hydrogens is 292 g/mol. The van der Waals surface area contributed by atoms with Gasteiger partial charge in [-0.1, -0.05) is 30.3 Å². The van der Waals surface area contributed by atoms with Gasteiger partial charge in [-0.2, -0.15) is 0 Å². The van der Waals surface area contributed by atoms with E-state index in [9.17, 15) is 4.79 Å². The van der Waals surface area contributed by atoms with E-state index in [0.717, 1.165) is 16.7 Å². The highest BCUT2D eigenvalue weighted by atomic mass is 16.5. The van der Waals surface area contributed by atoms with Gasteiger partial charge in [0, 0.05) is 11.1 Å². The summed E-state index contributed by atoms with van der Waals surface area (Å²) in [6.45, 7) is 3.75. The summed E-state index contributed by atoms with van der Waals surface area (Å²) in [6, 6.07) is 9.45. The Kier molecular flexibility index (Phi) is 3.82. The molecule has 0 atom stereocenters. The smallest absolute Gasteiger partial charge is 0.204 e. The molecule has 0 aliphatic rings. The predicted octanol–water partition coefficient (Wildman–Crippen LogP) is 4.09. The lowest BCUT2D eigenvalue weighted by Crippen LogP contribution is -2.09. The Morgan fingerprint density at radius 3 is 2.17 bits per heavy atom. The molecule has 0 N–H and O–H groups in total. The number of methoxy groups -OCH3 is 2. The van der Waals surface area contributed by atoms with Crippen LogP contribution in [0.4, 0.5) is 0 Å². The first kappa shape index (κ1) is 15.2. The van der Waals surface area contributed by atoms with E-state index in [2.05, 4.69) is 0 Å². The molecule has 0 aliphatic carbocycles. The molecule has 0 spiro atoms. The second kappa shape index (κ2) is 5.80. The monoisotopic (exact) mass is 310 g/mol. The van der Waals surface area contributed by atoms with Crippen LogP contribution in [0.3, 0.4) is 0 Å². The van der Waals surface area contributed by atoms with Crippen LogP contribution in [0.2, 0.25) is 0 Å². The first-order chi connectivity index (χ1) is 11.1. The number of ether oxygens (including phenoxy) is 2. The molecule has 118 valence electrons. The van der Waals surface area contributed by atoms with Gasteiger partial charge in [-0.15, -0.1) is 0 Å². The van der Waals surface area contributed by atoms with Crippen molar-refractivity contribution in [3.8, 4) is 22.6 Å². The second-order valence-corrected chi connectivity index (χ2v) is 5.37. The molecule has 0 saturated carbocycles. The number of benzene rings is 2. The van der Waals surface area contributed by atoms with Crippen molar-refractivity contribution in [2.24, 2.45) is 0 Å². The van der Waals surface area contributed by atoms with Gasteiger partial charge in [0.2, 0.25) is 5.43 Å². The van der Waals surface area contributed by atoms with E-state index in [1.807, 2.05) is 44.2 Å². The van der Waals surface area contributed by atoms with Gasteiger partial charge in [0.1, 0.15) is 28.7 Å². The van der Waals surface area contributed by atoms with Crippen LogP contribution in [-0.4, -0.2) is 14.2 Å². The topological polar surface area (TPSA) is 48.7 Å². The Balaban J connectivity index is 2.45. The van der Waals surface area contributed by atoms with Gasteiger partial charge < -0.3 is 13.9 Å². The van der Waals surface area contributed by atoms with Crippen molar-refractivity contribution in [1.82, 2.24) is 0 Å². The van der Waals surface area contributed by atoms with Crippen LogP contribution >= 0.6 is 0 Å². The maximum absolute atomic E-state index is 13.0. The zero-order valence-electron chi connectivity index (χ0n) is 13.6. The SMILES string of the molecule is COc1c(C)c(OC)c2c(=O)c(-c3ccccc3)coc2c1C. The highest BCUT2D eigenvalue weighted by molar-refractivity contribution is 5.92. The Morgan fingerprint density at radius 2 is 1.57 bits per heavy atom. The summed E-state index contributed by atoms with van der Waals surface area (Å²) in [5, 5.41) is 0.449. The lowest BCUT2D eigenvalue weighted by atomic mass is 10.0. The molecule has 1 aromatic heterocycles. The van der Waals surface area contributed by atoms with Gasteiger partial charge in [-0.25, -0.2) is 0 Å². The molecule has 0 unspecified atom stereocenters. The quantitative estimate of drug-likeness (QED) is 0.731. The molecule has 0 amide bonds. The Bertz CT molecular complexity index is 924. The van der Waals surface area contributed by atoms with E-state index >= 15 is 0 Å². The molecule has 23 heavy (non-hydrogen) atoms. The number of aryl methyl sites for hydroxylation is 1. The molecule has 4 nitrogen and oxygen atoms in total. The van der Waals surface area contributed by atoms with Crippen LogP contribution in [-0.2, 0) is 0 Å². The summed E-state index contributed by atoms with van der Waals surface area (Å²) in [7, 11) is 3.14. The average molecular weight is 310 g/mol. The lowest BCUT2D eigenvalue weighted by Gasteiger charge is -2.16. The minimum atomic E-state index is -0.108. The largest absolute Gasteiger partial charge is 0.496 e. The van der Waals surface area contributed by atoms with Gasteiger partial charge in [-0.3, -0.25) is 4.79 Å². The van der Waals surface area contributed by atoms with Crippen molar-refractivity contribution in [1.29, 1.82) is 0 Å². The summed E-state index contributed by atoms with van der Waals surface area (Å²) in [5.41, 5.74) is 3.30. The van der Waals surface area contributed by atoms with Gasteiger partial charge in [0.15, 0.2) is 0 Å². The Hall–Kier alpha value is -2.75. The fraction of sp³-hybridized carbons (Fsp3) is 0.211. The van der Waals surface area contributed by atoms with E-state index in [4.69, 9.17) is 13.9 Å². The molecule has 1 heterocycles. The molecule has 3 rings (SSSR count). The third-order valence-electron chi connectivity index (χ3n) is 4.08. The zero-order chi connectivity index (χ0) is 16.6. The van der Waals surface area contributed by atoms with Gasteiger partial charge in [0.05, 0.1) is 19.8 Å². The summed E-state index contributed by atoms with van der Waals surface area (Å²) < 4.78 is 16.7. The lowest BCUT2D eigenvalue weighted by molar-refractivity contribution is 0.388. The highest BCUT2D eigenvalue weighted by Gasteiger charge is 2.21. The number of hydrogen-bond acceptors (Lipinski definition) is 4. The van der Waals surface area contributed by atoms with E-state index < -0.39 is 0 Å². The predicted molar refractivity (Wildman–Crippen MR) is 90.5 cm³/mol. The zero-order valence-corrected chi connectivity index (χ0v) is 13.6. The highest BCUT2D eigenvalue weighted by Crippen LogP contribution is 2.39. The summed E-state index contributed by atoms with van der Waals surface area (Å²) in [6.07, 6.45) is 1.50. The molecule has 0 radical (unpaired) electrons. The van der Waals surface area contributed by atoms with Gasteiger partial charge in [0.25, 0.3) is 0 Å². The fourth-order valence-electron chi connectivity index (χ4n) is 3.00. The van der Waals surface area contributed by atoms with Crippen molar-refractivity contribution in [3.05, 3.63) is 57.9 Å². The number of fused-ring (bicyclic) bond motifs is 1. The molecule has 0 aliphatic heterocycles. The molecule has 0 fully saturated rings. The first-order valence-corrected chi connectivity index (χ1v) is 7.32. The number of rotatable bonds is 3. The van der Waals surface area contributed by atoms with Crippen LogP contribution in [0.15, 0.2) is 45.8 Å². The molecule has 0 bridgehead atoms. The third kappa shape index (κ3) is 2.27. The van der Waals surface area contributed by atoms with Crippen LogP contribution < -0.4 is 14.9 Å². The summed E-state index contributed by atoms with van der Waals surface area (Å²) in [4.78, 5) is 13.0. The van der Waals surface area contributed by atoms with Gasteiger partial charge in [-0.05, 0) is 19.4 Å². The average Bonchev–Trinajstić information content (AvgIpc) is 2.57. The number of hydrogen-bond donors (Lipinski definition) is 0. The van der Waals surface area contributed by atoms with Crippen molar-refractivity contribution in [2.75, 3.05) is 14.2 Å². The van der Waals surface area contributed by atoms with Crippen molar-refractivity contribution >= 4 is 11.0 Å². The van der Waals surface area contributed by atoms with Crippen LogP contribution in [0.1, 0.15) is 11.1 Å². The second-order valence-electron chi connectivity index (χ2n) is 5.37. The standard InChI is InChI=1S/C19H18O4/c1-11-17(21-3)12(2)19-15(18(11)22-4)16(20)14(10-23-19)13-8-6-5-7-9-13/h5-10H,1-4H3. The molecular formula is C19H18O4. The van der Waals surface area contributed by atoms with Crippen molar-refractivity contribution in [2.45, 2.75) is 13.8 Å². The fourth-order valence-corrected chi connectivity index (χ4v) is 3.00. The minimum Gasteiger partial charge on any atom is -0.496 e.